The quantitative estimate of drug-likeness (QED) is 0.691. The lowest BCUT2D eigenvalue weighted by molar-refractivity contribution is 0.102. The first-order valence-corrected chi connectivity index (χ1v) is 8.92. The highest BCUT2D eigenvalue weighted by atomic mass is 32.2. The summed E-state index contributed by atoms with van der Waals surface area (Å²) in [4.78, 5) is 31.3. The smallest absolute Gasteiger partial charge is 0.285 e. The van der Waals surface area contributed by atoms with Crippen molar-refractivity contribution in [2.75, 3.05) is 19.4 Å². The van der Waals surface area contributed by atoms with E-state index in [1.54, 1.807) is 32.3 Å². The van der Waals surface area contributed by atoms with Gasteiger partial charge in [0.25, 0.3) is 11.1 Å². The molecule has 2 aromatic carbocycles. The predicted molar refractivity (Wildman–Crippen MR) is 106 cm³/mol. The van der Waals surface area contributed by atoms with Gasteiger partial charge in [-0.15, -0.1) is 0 Å². The van der Waals surface area contributed by atoms with E-state index in [1.165, 1.54) is 4.90 Å². The fraction of sp³-hybridized carbons (Fsp3) is 0.150. The molecule has 3 rings (SSSR count). The summed E-state index contributed by atoms with van der Waals surface area (Å²) in [6.07, 6.45) is 0. The van der Waals surface area contributed by atoms with Gasteiger partial charge in [0, 0.05) is 35.8 Å². The molecule has 5 nitrogen and oxygen atoms in total. The van der Waals surface area contributed by atoms with Crippen LogP contribution in [0.2, 0.25) is 0 Å². The number of rotatable bonds is 3. The SMILES string of the molecule is Cc1cc(C(=O)Nc2ccc(SC(=O)N(C)C)cc2)c2ccccc2n1. The number of aryl methyl sites for hydroxylation is 1. The molecule has 1 heterocycles. The van der Waals surface area contributed by atoms with Crippen LogP contribution in [0, 0.1) is 6.92 Å². The number of benzene rings is 2. The van der Waals surface area contributed by atoms with Crippen LogP contribution in [0.15, 0.2) is 59.5 Å². The molecule has 1 N–H and O–H groups in total. The maximum Gasteiger partial charge on any atom is 0.285 e. The highest BCUT2D eigenvalue weighted by Crippen LogP contribution is 2.24. The Labute approximate surface area is 156 Å². The number of nitrogens with zero attached hydrogens (tertiary/aromatic N) is 2. The first-order valence-electron chi connectivity index (χ1n) is 8.11. The monoisotopic (exact) mass is 365 g/mol. The lowest BCUT2D eigenvalue weighted by Gasteiger charge is -2.11. The van der Waals surface area contributed by atoms with E-state index >= 15 is 0 Å². The van der Waals surface area contributed by atoms with Crippen LogP contribution in [0.1, 0.15) is 16.1 Å². The summed E-state index contributed by atoms with van der Waals surface area (Å²) in [6.45, 7) is 1.87. The number of nitrogens with one attached hydrogen (secondary N) is 1. The number of carbonyl (C=O) groups excluding carboxylic acids is 2. The predicted octanol–water partition coefficient (Wildman–Crippen LogP) is 4.57. The molecular weight excluding hydrogens is 346 g/mol. The van der Waals surface area contributed by atoms with Gasteiger partial charge in [0.1, 0.15) is 0 Å². The fourth-order valence-electron chi connectivity index (χ4n) is 2.49. The van der Waals surface area contributed by atoms with Crippen molar-refractivity contribution in [1.82, 2.24) is 9.88 Å². The third-order valence-electron chi connectivity index (χ3n) is 3.77. The van der Waals surface area contributed by atoms with E-state index < -0.39 is 0 Å². The average molecular weight is 365 g/mol. The van der Waals surface area contributed by atoms with Gasteiger partial charge in [-0.25, -0.2) is 0 Å². The van der Waals surface area contributed by atoms with Crippen LogP contribution in [-0.4, -0.2) is 35.1 Å². The second-order valence-electron chi connectivity index (χ2n) is 6.07. The van der Waals surface area contributed by atoms with Gasteiger partial charge in [0.15, 0.2) is 0 Å². The fourth-order valence-corrected chi connectivity index (χ4v) is 3.15. The number of thioether (sulfide) groups is 1. The molecule has 0 saturated heterocycles. The van der Waals surface area contributed by atoms with E-state index in [0.717, 1.165) is 33.3 Å². The minimum atomic E-state index is -0.184. The number of anilines is 1. The van der Waals surface area contributed by atoms with Gasteiger partial charge in [0.05, 0.1) is 11.1 Å². The number of hydrogen-bond donors (Lipinski definition) is 1. The largest absolute Gasteiger partial charge is 0.339 e. The standard InChI is InChI=1S/C20H19N3O2S/c1-13-12-17(16-6-4-5-7-18(16)21-13)19(24)22-14-8-10-15(11-9-14)26-20(25)23(2)3/h4-12H,1-3H3,(H,22,24). The van der Waals surface area contributed by atoms with E-state index in [-0.39, 0.29) is 11.1 Å². The number of para-hydroxylation sites is 1. The first-order chi connectivity index (χ1) is 12.4. The zero-order chi connectivity index (χ0) is 18.7. The molecule has 1 aromatic heterocycles. The molecule has 26 heavy (non-hydrogen) atoms. The van der Waals surface area contributed by atoms with Crippen molar-refractivity contribution in [3.63, 3.8) is 0 Å². The van der Waals surface area contributed by atoms with Gasteiger partial charge >= 0.3 is 0 Å². The molecule has 3 aromatic rings. The Balaban J connectivity index is 1.79. The molecule has 0 bridgehead atoms. The average Bonchev–Trinajstić information content (AvgIpc) is 2.62. The summed E-state index contributed by atoms with van der Waals surface area (Å²) >= 11 is 1.15. The third kappa shape index (κ3) is 4.03. The van der Waals surface area contributed by atoms with Gasteiger partial charge < -0.3 is 10.2 Å². The summed E-state index contributed by atoms with van der Waals surface area (Å²) in [6, 6.07) is 16.6. The van der Waals surface area contributed by atoms with E-state index in [1.807, 2.05) is 43.3 Å². The van der Waals surface area contributed by atoms with Crippen LogP contribution in [0.25, 0.3) is 10.9 Å². The van der Waals surface area contributed by atoms with Crippen LogP contribution in [0.3, 0.4) is 0 Å². The molecule has 0 aliphatic heterocycles. The highest BCUT2D eigenvalue weighted by Gasteiger charge is 2.12. The molecule has 0 fully saturated rings. The zero-order valence-electron chi connectivity index (χ0n) is 14.8. The van der Waals surface area contributed by atoms with Crippen LogP contribution in [0.5, 0.6) is 0 Å². The van der Waals surface area contributed by atoms with Crippen molar-refractivity contribution in [2.24, 2.45) is 0 Å². The van der Waals surface area contributed by atoms with E-state index in [9.17, 15) is 9.59 Å². The Bertz CT molecular complexity index is 968. The molecule has 0 aliphatic rings. The summed E-state index contributed by atoms with van der Waals surface area (Å²) < 4.78 is 0. The lowest BCUT2D eigenvalue weighted by Crippen LogP contribution is -2.16. The molecule has 2 amide bonds. The van der Waals surface area contributed by atoms with E-state index in [4.69, 9.17) is 0 Å². The van der Waals surface area contributed by atoms with Crippen molar-refractivity contribution < 1.29 is 9.59 Å². The second-order valence-corrected chi connectivity index (χ2v) is 7.09. The maximum absolute atomic E-state index is 12.7. The lowest BCUT2D eigenvalue weighted by atomic mass is 10.1. The number of aromatic nitrogens is 1. The normalized spacial score (nSPS) is 10.6. The van der Waals surface area contributed by atoms with Gasteiger partial charge in [-0.2, -0.15) is 0 Å². The summed E-state index contributed by atoms with van der Waals surface area (Å²) in [5, 5.41) is 3.69. The summed E-state index contributed by atoms with van der Waals surface area (Å²) in [5.41, 5.74) is 2.86. The topological polar surface area (TPSA) is 62.3 Å². The number of pyridine rings is 1. The zero-order valence-corrected chi connectivity index (χ0v) is 15.6. The number of hydrogen-bond acceptors (Lipinski definition) is 4. The number of fused-ring (bicyclic) bond motifs is 1. The first kappa shape index (κ1) is 17.9. The molecule has 0 saturated carbocycles. The highest BCUT2D eigenvalue weighted by molar-refractivity contribution is 8.13. The van der Waals surface area contributed by atoms with Crippen molar-refractivity contribution in [1.29, 1.82) is 0 Å². The molecular formula is C20H19N3O2S. The van der Waals surface area contributed by atoms with Crippen LogP contribution in [0.4, 0.5) is 10.5 Å². The Morgan fingerprint density at radius 3 is 2.42 bits per heavy atom. The molecule has 0 radical (unpaired) electrons. The Hall–Kier alpha value is -2.86. The molecule has 0 unspecified atom stereocenters. The Morgan fingerprint density at radius 1 is 1.04 bits per heavy atom. The van der Waals surface area contributed by atoms with Crippen molar-refractivity contribution in [2.45, 2.75) is 11.8 Å². The molecule has 132 valence electrons. The molecule has 0 aliphatic carbocycles. The number of amides is 2. The molecule has 0 atom stereocenters. The van der Waals surface area contributed by atoms with Crippen LogP contribution >= 0.6 is 11.8 Å². The van der Waals surface area contributed by atoms with Gasteiger partial charge in [-0.1, -0.05) is 18.2 Å². The van der Waals surface area contributed by atoms with Crippen LogP contribution < -0.4 is 5.32 Å². The van der Waals surface area contributed by atoms with E-state index in [2.05, 4.69) is 10.3 Å². The number of carbonyl (C=O) groups is 2. The Morgan fingerprint density at radius 2 is 1.73 bits per heavy atom. The molecule has 6 heteroatoms. The minimum absolute atomic E-state index is 0.0412. The third-order valence-corrected chi connectivity index (χ3v) is 4.82. The van der Waals surface area contributed by atoms with Gasteiger partial charge in [-0.3, -0.25) is 14.6 Å². The van der Waals surface area contributed by atoms with Gasteiger partial charge in [0.2, 0.25) is 0 Å². The van der Waals surface area contributed by atoms with Gasteiger partial charge in [-0.05, 0) is 55.1 Å². The summed E-state index contributed by atoms with van der Waals surface area (Å²) in [5.74, 6) is -0.184. The van der Waals surface area contributed by atoms with Crippen molar-refractivity contribution in [3.05, 3.63) is 65.9 Å². The maximum atomic E-state index is 12.7. The summed E-state index contributed by atoms with van der Waals surface area (Å²) in [7, 11) is 3.43. The minimum Gasteiger partial charge on any atom is -0.339 e. The Kier molecular flexibility index (Phi) is 5.23. The van der Waals surface area contributed by atoms with Crippen molar-refractivity contribution >= 4 is 39.5 Å². The van der Waals surface area contributed by atoms with E-state index in [0.29, 0.717) is 11.3 Å². The van der Waals surface area contributed by atoms with Crippen molar-refractivity contribution in [3.8, 4) is 0 Å². The van der Waals surface area contributed by atoms with Crippen LogP contribution in [-0.2, 0) is 0 Å². The second kappa shape index (κ2) is 7.58. The molecule has 0 spiro atoms.